The summed E-state index contributed by atoms with van der Waals surface area (Å²) in [5, 5.41) is 33.0. The van der Waals surface area contributed by atoms with Crippen molar-refractivity contribution in [1.29, 1.82) is 0 Å². The zero-order valence-corrected chi connectivity index (χ0v) is 34.2. The highest BCUT2D eigenvalue weighted by Gasteiger charge is 2.30. The van der Waals surface area contributed by atoms with Gasteiger partial charge in [-0.3, -0.25) is 19.2 Å². The van der Waals surface area contributed by atoms with Gasteiger partial charge in [0, 0.05) is 19.4 Å². The lowest BCUT2D eigenvalue weighted by atomic mass is 9.78. The number of carbonyl (C=O) groups is 5. The fraction of sp³-hybridized carbons (Fsp3) is 0.875. The van der Waals surface area contributed by atoms with Crippen LogP contribution in [0.15, 0.2) is 0 Å². The third-order valence-corrected chi connectivity index (χ3v) is 9.24. The number of ether oxygens (including phenoxy) is 4. The second-order valence-electron chi connectivity index (χ2n) is 16.2. The van der Waals surface area contributed by atoms with E-state index in [2.05, 4.69) is 10.6 Å². The molecule has 0 radical (unpaired) electrons. The lowest BCUT2D eigenvalue weighted by molar-refractivity contribution is -0.146. The molecule has 0 rings (SSSR count). The van der Waals surface area contributed by atoms with E-state index in [9.17, 15) is 34.2 Å². The second-order valence-corrected chi connectivity index (χ2v) is 16.2. The highest BCUT2D eigenvalue weighted by atomic mass is 16.6. The molecule has 0 aliphatic heterocycles. The van der Waals surface area contributed by atoms with Crippen LogP contribution in [0.2, 0.25) is 0 Å². The molecule has 0 aromatic carbocycles. The Kier molecular flexibility index (Phi) is 28.8. The number of hydrogen-bond acceptors (Lipinski definition) is 9. The monoisotopic (exact) mass is 775 g/mol. The van der Waals surface area contributed by atoms with Gasteiger partial charge >= 0.3 is 17.9 Å². The van der Waals surface area contributed by atoms with Gasteiger partial charge in [0.2, 0.25) is 11.8 Å². The van der Waals surface area contributed by atoms with Crippen LogP contribution in [0, 0.1) is 16.7 Å². The fourth-order valence-corrected chi connectivity index (χ4v) is 5.81. The molecule has 0 aliphatic carbocycles. The van der Waals surface area contributed by atoms with Gasteiger partial charge in [0.05, 0.1) is 64.7 Å². The summed E-state index contributed by atoms with van der Waals surface area (Å²) < 4.78 is 22.0. The molecule has 54 heavy (non-hydrogen) atoms. The normalized spacial score (nSPS) is 13.6. The molecule has 0 saturated heterocycles. The van der Waals surface area contributed by atoms with Crippen LogP contribution < -0.4 is 10.6 Å². The van der Waals surface area contributed by atoms with Crippen LogP contribution in [0.5, 0.6) is 0 Å². The molecule has 3 atom stereocenters. The number of amides is 2. The lowest BCUT2D eigenvalue weighted by Crippen LogP contribution is -2.43. The van der Waals surface area contributed by atoms with Crippen LogP contribution in [-0.4, -0.2) is 110 Å². The summed E-state index contributed by atoms with van der Waals surface area (Å²) in [5.74, 6) is -3.71. The summed E-state index contributed by atoms with van der Waals surface area (Å²) in [5.41, 5.74) is -0.493. The highest BCUT2D eigenvalue weighted by Crippen LogP contribution is 2.30. The van der Waals surface area contributed by atoms with E-state index >= 15 is 0 Å². The maximum Gasteiger partial charge on any atom is 0.326 e. The SMILES string of the molecule is CC(C)(C)C(CNC(=O)CC[C@H](NC(=O)CCCCCCCCCCCCCC(C(=O)O)C(C)(C)C)C(=O)O)OCCOCCOCCOCCC(=O)O. The van der Waals surface area contributed by atoms with E-state index in [1.54, 1.807) is 0 Å². The summed E-state index contributed by atoms with van der Waals surface area (Å²) in [4.78, 5) is 58.7. The van der Waals surface area contributed by atoms with Gasteiger partial charge in [-0.15, -0.1) is 0 Å². The molecule has 14 heteroatoms. The largest absolute Gasteiger partial charge is 0.481 e. The van der Waals surface area contributed by atoms with Gasteiger partial charge in [-0.2, -0.15) is 0 Å². The summed E-state index contributed by atoms with van der Waals surface area (Å²) in [7, 11) is 0. The molecule has 14 nitrogen and oxygen atoms in total. The molecule has 316 valence electrons. The molecule has 0 bridgehead atoms. The molecule has 0 aromatic heterocycles. The van der Waals surface area contributed by atoms with Gasteiger partial charge in [-0.1, -0.05) is 106 Å². The first-order chi connectivity index (χ1) is 25.4. The molecule has 0 heterocycles. The standard InChI is InChI=1S/C40H74N2O12/c1-39(2,3)31(37(47)48)18-16-14-12-10-8-7-9-11-13-15-17-19-35(44)42-32(38(49)50)20-21-34(43)41-30-33(40(4,5)6)54-29-28-53-27-26-52-25-24-51-23-22-36(45)46/h31-33H,7-30H2,1-6H3,(H,41,43)(H,42,44)(H,45,46)(H,47,48)(H,49,50)/t31?,32-,33?/m0/s1. The van der Waals surface area contributed by atoms with Crippen molar-refractivity contribution in [2.24, 2.45) is 16.7 Å². The molecule has 0 saturated carbocycles. The molecule has 0 fully saturated rings. The van der Waals surface area contributed by atoms with E-state index in [4.69, 9.17) is 24.1 Å². The van der Waals surface area contributed by atoms with Gasteiger partial charge in [0.1, 0.15) is 6.04 Å². The van der Waals surface area contributed by atoms with Crippen molar-refractivity contribution >= 4 is 29.7 Å². The molecule has 0 aromatic rings. The van der Waals surface area contributed by atoms with Crippen LogP contribution in [0.4, 0.5) is 0 Å². The number of carbonyl (C=O) groups excluding carboxylic acids is 2. The average Bonchev–Trinajstić information content (AvgIpc) is 3.06. The van der Waals surface area contributed by atoms with E-state index in [0.29, 0.717) is 46.1 Å². The zero-order valence-electron chi connectivity index (χ0n) is 34.2. The number of hydrogen-bond donors (Lipinski definition) is 5. The molecule has 0 spiro atoms. The summed E-state index contributed by atoms with van der Waals surface area (Å²) in [6.07, 6.45) is 12.1. The zero-order chi connectivity index (χ0) is 40.8. The van der Waals surface area contributed by atoms with E-state index in [1.807, 2.05) is 41.5 Å². The van der Waals surface area contributed by atoms with Crippen molar-refractivity contribution in [3.63, 3.8) is 0 Å². The lowest BCUT2D eigenvalue weighted by Gasteiger charge is -2.31. The Morgan fingerprint density at radius 3 is 1.46 bits per heavy atom. The predicted molar refractivity (Wildman–Crippen MR) is 206 cm³/mol. The Morgan fingerprint density at radius 1 is 0.519 bits per heavy atom. The van der Waals surface area contributed by atoms with Gasteiger partial charge in [0.15, 0.2) is 0 Å². The minimum absolute atomic E-state index is 0.0158. The minimum atomic E-state index is -1.17. The van der Waals surface area contributed by atoms with Gasteiger partial charge in [-0.05, 0) is 30.1 Å². The van der Waals surface area contributed by atoms with E-state index in [1.165, 1.54) is 19.3 Å². The molecule has 2 amide bonds. The third kappa shape index (κ3) is 29.5. The Labute approximate surface area is 324 Å². The topological polar surface area (TPSA) is 207 Å². The Bertz CT molecular complexity index is 1040. The van der Waals surface area contributed by atoms with Crippen molar-refractivity contribution in [3.05, 3.63) is 0 Å². The van der Waals surface area contributed by atoms with Crippen LogP contribution in [0.25, 0.3) is 0 Å². The van der Waals surface area contributed by atoms with Crippen molar-refractivity contribution in [2.75, 3.05) is 52.8 Å². The van der Waals surface area contributed by atoms with Crippen LogP contribution in [-0.2, 0) is 42.9 Å². The van der Waals surface area contributed by atoms with Gasteiger partial charge in [0.25, 0.3) is 0 Å². The predicted octanol–water partition coefficient (Wildman–Crippen LogP) is 6.23. The van der Waals surface area contributed by atoms with E-state index in [-0.39, 0.29) is 73.5 Å². The second kappa shape index (κ2) is 30.4. The van der Waals surface area contributed by atoms with Crippen LogP contribution in [0.1, 0.15) is 144 Å². The Hall–Kier alpha value is -2.81. The van der Waals surface area contributed by atoms with Crippen molar-refractivity contribution in [1.82, 2.24) is 10.6 Å². The quantitative estimate of drug-likeness (QED) is 0.0455. The first-order valence-electron chi connectivity index (χ1n) is 20.0. The number of rotatable bonds is 35. The number of carboxylic acid groups (broad SMARTS) is 3. The van der Waals surface area contributed by atoms with Crippen molar-refractivity contribution < 1.29 is 58.2 Å². The maximum atomic E-state index is 12.6. The number of unbranched alkanes of at least 4 members (excludes halogenated alkanes) is 10. The first kappa shape index (κ1) is 51.2. The van der Waals surface area contributed by atoms with Gasteiger partial charge < -0.3 is 44.9 Å². The summed E-state index contributed by atoms with van der Waals surface area (Å²) in [6.45, 7) is 14.3. The Morgan fingerprint density at radius 2 is 1.00 bits per heavy atom. The van der Waals surface area contributed by atoms with Crippen molar-refractivity contribution in [3.8, 4) is 0 Å². The average molecular weight is 775 g/mol. The number of nitrogens with one attached hydrogen (secondary N) is 2. The third-order valence-electron chi connectivity index (χ3n) is 9.24. The van der Waals surface area contributed by atoms with Crippen LogP contribution in [0.3, 0.4) is 0 Å². The molecule has 2 unspecified atom stereocenters. The Balaban J connectivity index is 4.07. The van der Waals surface area contributed by atoms with E-state index in [0.717, 1.165) is 51.4 Å². The van der Waals surface area contributed by atoms with Crippen LogP contribution >= 0.6 is 0 Å². The molecule has 0 aliphatic rings. The maximum absolute atomic E-state index is 12.6. The minimum Gasteiger partial charge on any atom is -0.481 e. The van der Waals surface area contributed by atoms with Crippen molar-refractivity contribution in [2.45, 2.75) is 156 Å². The number of aliphatic carboxylic acids is 3. The molecular formula is C40H74N2O12. The molecule has 5 N–H and O–H groups in total. The summed E-state index contributed by atoms with van der Waals surface area (Å²) >= 11 is 0. The highest BCUT2D eigenvalue weighted by molar-refractivity contribution is 5.84. The summed E-state index contributed by atoms with van der Waals surface area (Å²) in [6, 6.07) is -1.14. The smallest absolute Gasteiger partial charge is 0.326 e. The fourth-order valence-electron chi connectivity index (χ4n) is 5.81. The van der Waals surface area contributed by atoms with Gasteiger partial charge in [-0.25, -0.2) is 4.79 Å². The molecular weight excluding hydrogens is 700 g/mol. The van der Waals surface area contributed by atoms with E-state index < -0.39 is 23.9 Å². The number of carboxylic acids is 3. The first-order valence-corrected chi connectivity index (χ1v) is 20.0.